The van der Waals surface area contributed by atoms with Crippen LogP contribution in [0.5, 0.6) is 0 Å². The Labute approximate surface area is 200 Å². The molecule has 7 heteroatoms. The number of hydrogen-bond donors (Lipinski definition) is 2. The quantitative estimate of drug-likeness (QED) is 0.173. The van der Waals surface area contributed by atoms with Crippen LogP contribution < -0.4 is 11.5 Å². The summed E-state index contributed by atoms with van der Waals surface area (Å²) in [5.74, 6) is -0.847. The first-order chi connectivity index (χ1) is 16.4. The van der Waals surface area contributed by atoms with Gasteiger partial charge in [-0.2, -0.15) is 0 Å². The molecule has 1 aliphatic carbocycles. The average Bonchev–Trinajstić information content (AvgIpc) is 2.85. The summed E-state index contributed by atoms with van der Waals surface area (Å²) in [5.41, 5.74) is 14.5. The van der Waals surface area contributed by atoms with E-state index in [-0.39, 0.29) is 24.8 Å². The van der Waals surface area contributed by atoms with Crippen LogP contribution in [0.1, 0.15) is 53.6 Å². The molecule has 0 atom stereocenters. The van der Waals surface area contributed by atoms with Gasteiger partial charge in [-0.25, -0.2) is 9.59 Å². The van der Waals surface area contributed by atoms with Gasteiger partial charge in [-0.15, -0.1) is 6.58 Å². The molecule has 0 aromatic heterocycles. The fourth-order valence-electron chi connectivity index (χ4n) is 3.70. The largest absolute Gasteiger partial charge is 0.459 e. The highest BCUT2D eigenvalue weighted by atomic mass is 16.5. The SMILES string of the molecule is C=CCCOC1CCC(OC(=O)c2ccc(/C=C/C(=O)OCc3cc(N)ccc3N)cc2)CC1. The Morgan fingerprint density at radius 3 is 2.41 bits per heavy atom. The van der Waals surface area contributed by atoms with Gasteiger partial charge in [-0.3, -0.25) is 0 Å². The van der Waals surface area contributed by atoms with Gasteiger partial charge in [-0.1, -0.05) is 18.2 Å². The number of hydrogen-bond acceptors (Lipinski definition) is 7. The van der Waals surface area contributed by atoms with Gasteiger partial charge >= 0.3 is 11.9 Å². The van der Waals surface area contributed by atoms with E-state index in [9.17, 15) is 9.59 Å². The molecule has 180 valence electrons. The highest BCUT2D eigenvalue weighted by Gasteiger charge is 2.24. The lowest BCUT2D eigenvalue weighted by Crippen LogP contribution is -2.28. The molecule has 0 amide bonds. The monoisotopic (exact) mass is 464 g/mol. The van der Waals surface area contributed by atoms with Crippen molar-refractivity contribution in [2.45, 2.75) is 50.9 Å². The zero-order valence-corrected chi connectivity index (χ0v) is 19.3. The third-order valence-electron chi connectivity index (χ3n) is 5.67. The van der Waals surface area contributed by atoms with Crippen LogP contribution in [0, 0.1) is 0 Å². The van der Waals surface area contributed by atoms with Crippen LogP contribution in [0.3, 0.4) is 0 Å². The number of carbonyl (C=O) groups is 2. The molecule has 0 aliphatic heterocycles. The van der Waals surface area contributed by atoms with Gasteiger partial charge in [0.1, 0.15) is 12.7 Å². The van der Waals surface area contributed by atoms with Crippen LogP contribution in [0.25, 0.3) is 6.08 Å². The van der Waals surface area contributed by atoms with E-state index in [1.54, 1.807) is 48.5 Å². The minimum Gasteiger partial charge on any atom is -0.459 e. The van der Waals surface area contributed by atoms with Crippen molar-refractivity contribution in [1.82, 2.24) is 0 Å². The predicted molar refractivity (Wildman–Crippen MR) is 133 cm³/mol. The average molecular weight is 465 g/mol. The Morgan fingerprint density at radius 2 is 1.71 bits per heavy atom. The van der Waals surface area contributed by atoms with Crippen molar-refractivity contribution in [3.63, 3.8) is 0 Å². The lowest BCUT2D eigenvalue weighted by atomic mass is 9.95. The zero-order valence-electron chi connectivity index (χ0n) is 19.3. The molecule has 7 nitrogen and oxygen atoms in total. The van der Waals surface area contributed by atoms with E-state index >= 15 is 0 Å². The van der Waals surface area contributed by atoms with Crippen LogP contribution in [-0.4, -0.2) is 30.8 Å². The summed E-state index contributed by atoms with van der Waals surface area (Å²) in [5, 5.41) is 0. The second-order valence-electron chi connectivity index (χ2n) is 8.27. The third-order valence-corrected chi connectivity index (χ3v) is 5.67. The predicted octanol–water partition coefficient (Wildman–Crippen LogP) is 4.67. The molecule has 1 aliphatic rings. The van der Waals surface area contributed by atoms with Crippen LogP contribution >= 0.6 is 0 Å². The molecule has 0 radical (unpaired) electrons. The van der Waals surface area contributed by atoms with Gasteiger partial charge in [0.25, 0.3) is 0 Å². The second-order valence-corrected chi connectivity index (χ2v) is 8.27. The molecule has 0 heterocycles. The molecule has 1 fully saturated rings. The van der Waals surface area contributed by atoms with Gasteiger partial charge in [0, 0.05) is 23.0 Å². The number of anilines is 2. The van der Waals surface area contributed by atoms with Crippen LogP contribution in [0.15, 0.2) is 61.2 Å². The summed E-state index contributed by atoms with van der Waals surface area (Å²) >= 11 is 0. The number of nitrogen functional groups attached to an aromatic ring is 2. The fourth-order valence-corrected chi connectivity index (χ4v) is 3.70. The molecular formula is C27H32N2O5. The normalized spacial score (nSPS) is 17.9. The van der Waals surface area contributed by atoms with Crippen molar-refractivity contribution in [1.29, 1.82) is 0 Å². The Bertz CT molecular complexity index is 1010. The van der Waals surface area contributed by atoms with Crippen molar-refractivity contribution in [2.24, 2.45) is 0 Å². The van der Waals surface area contributed by atoms with Gasteiger partial charge in [0.15, 0.2) is 0 Å². The maximum atomic E-state index is 12.5. The summed E-state index contributed by atoms with van der Waals surface area (Å²) in [6.07, 6.45) is 9.16. The number of esters is 2. The fraction of sp³-hybridized carbons (Fsp3) is 0.333. The number of benzene rings is 2. The van der Waals surface area contributed by atoms with E-state index < -0.39 is 5.97 Å². The van der Waals surface area contributed by atoms with Crippen molar-refractivity contribution in [3.05, 3.63) is 77.9 Å². The molecule has 0 unspecified atom stereocenters. The summed E-state index contributed by atoms with van der Waals surface area (Å²) in [7, 11) is 0. The minimum atomic E-state index is -0.505. The van der Waals surface area contributed by atoms with Gasteiger partial charge in [-0.05, 0) is 74.1 Å². The molecule has 34 heavy (non-hydrogen) atoms. The Kier molecular flexibility index (Phi) is 9.29. The third kappa shape index (κ3) is 7.78. The minimum absolute atomic E-state index is 0.0354. The maximum absolute atomic E-state index is 12.5. The molecule has 2 aromatic rings. The smallest absolute Gasteiger partial charge is 0.338 e. The summed E-state index contributed by atoms with van der Waals surface area (Å²) in [6.45, 7) is 4.42. The summed E-state index contributed by atoms with van der Waals surface area (Å²) in [6, 6.07) is 11.9. The summed E-state index contributed by atoms with van der Waals surface area (Å²) < 4.78 is 16.7. The molecule has 0 saturated heterocycles. The molecule has 4 N–H and O–H groups in total. The first-order valence-electron chi connectivity index (χ1n) is 11.5. The van der Waals surface area contributed by atoms with Crippen molar-refractivity contribution in [3.8, 4) is 0 Å². The maximum Gasteiger partial charge on any atom is 0.338 e. The highest BCUT2D eigenvalue weighted by molar-refractivity contribution is 5.90. The van der Waals surface area contributed by atoms with Crippen LogP contribution in [0.2, 0.25) is 0 Å². The van der Waals surface area contributed by atoms with Gasteiger partial charge < -0.3 is 25.7 Å². The number of carbonyl (C=O) groups excluding carboxylic acids is 2. The van der Waals surface area contributed by atoms with E-state index in [4.69, 9.17) is 25.7 Å². The standard InChI is InChI=1S/C27H32N2O5/c1-2-3-16-32-23-10-12-24(13-11-23)34-27(31)20-7-4-19(5-8-20)6-15-26(30)33-18-21-17-22(28)9-14-25(21)29/h2,4-9,14-15,17,23-24H,1,3,10-13,16,18,28-29H2/b15-6+. The second kappa shape index (κ2) is 12.6. The lowest BCUT2D eigenvalue weighted by molar-refractivity contribution is -0.138. The first-order valence-corrected chi connectivity index (χ1v) is 11.5. The van der Waals surface area contributed by atoms with E-state index in [1.165, 1.54) is 6.08 Å². The molecule has 1 saturated carbocycles. The summed E-state index contributed by atoms with van der Waals surface area (Å²) in [4.78, 5) is 24.5. The topological polar surface area (TPSA) is 114 Å². The number of ether oxygens (including phenoxy) is 3. The van der Waals surface area contributed by atoms with Crippen molar-refractivity contribution >= 4 is 29.4 Å². The Morgan fingerprint density at radius 1 is 1.00 bits per heavy atom. The first kappa shape index (κ1) is 25.1. The number of rotatable bonds is 10. The van der Waals surface area contributed by atoms with Gasteiger partial charge in [0.05, 0.1) is 18.3 Å². The molecular weight excluding hydrogens is 432 g/mol. The van der Waals surface area contributed by atoms with E-state index in [2.05, 4.69) is 6.58 Å². The van der Waals surface area contributed by atoms with Crippen molar-refractivity contribution in [2.75, 3.05) is 18.1 Å². The van der Waals surface area contributed by atoms with E-state index in [1.807, 2.05) is 6.08 Å². The van der Waals surface area contributed by atoms with Crippen LogP contribution in [-0.2, 0) is 25.6 Å². The van der Waals surface area contributed by atoms with Crippen LogP contribution in [0.4, 0.5) is 11.4 Å². The zero-order chi connectivity index (χ0) is 24.3. The molecule has 0 spiro atoms. The Balaban J connectivity index is 1.43. The van der Waals surface area contributed by atoms with Gasteiger partial charge in [0.2, 0.25) is 0 Å². The van der Waals surface area contributed by atoms with E-state index in [0.29, 0.717) is 29.1 Å². The van der Waals surface area contributed by atoms with E-state index in [0.717, 1.165) is 37.7 Å². The highest BCUT2D eigenvalue weighted by Crippen LogP contribution is 2.24. The molecule has 2 aromatic carbocycles. The van der Waals surface area contributed by atoms with Crippen molar-refractivity contribution < 1.29 is 23.8 Å². The lowest BCUT2D eigenvalue weighted by Gasteiger charge is -2.28. The molecule has 0 bridgehead atoms. The number of nitrogens with two attached hydrogens (primary N) is 2. The Hall–Kier alpha value is -3.58. The molecule has 3 rings (SSSR count).